The molecule has 6 aromatic heterocycles. The molecule has 5 atom stereocenters. The van der Waals surface area contributed by atoms with Gasteiger partial charge in [-0.15, -0.1) is 0 Å². The van der Waals surface area contributed by atoms with Crippen molar-refractivity contribution in [1.29, 1.82) is 0 Å². The van der Waals surface area contributed by atoms with E-state index < -0.39 is 47.4 Å². The van der Waals surface area contributed by atoms with Crippen LogP contribution in [-0.4, -0.2) is 114 Å². The number of carbonyl (C=O) groups is 2. The van der Waals surface area contributed by atoms with Gasteiger partial charge in [0.15, 0.2) is 11.3 Å². The summed E-state index contributed by atoms with van der Waals surface area (Å²) in [5, 5.41) is 14.9. The van der Waals surface area contributed by atoms with E-state index in [4.69, 9.17) is 28.9 Å². The molecule has 6 aromatic rings. The first-order valence-corrected chi connectivity index (χ1v) is 20.3. The van der Waals surface area contributed by atoms with E-state index in [0.29, 0.717) is 65.5 Å². The number of carbonyl (C=O) groups excluding carboxylic acids is 2. The molecule has 1 aliphatic carbocycles. The van der Waals surface area contributed by atoms with Crippen LogP contribution in [0.25, 0.3) is 11.3 Å². The zero-order chi connectivity index (χ0) is 41.4. The largest absolute Gasteiger partial charge is 0.475 e. The third-order valence-electron chi connectivity index (χ3n) is 12.1. The molecule has 10 heterocycles. The van der Waals surface area contributed by atoms with Gasteiger partial charge in [-0.2, -0.15) is 10.2 Å². The van der Waals surface area contributed by atoms with E-state index in [0.717, 1.165) is 12.4 Å². The third kappa shape index (κ3) is 6.78. The van der Waals surface area contributed by atoms with E-state index in [1.165, 1.54) is 29.0 Å². The van der Waals surface area contributed by atoms with Crippen molar-refractivity contribution in [2.24, 2.45) is 0 Å². The molecule has 2 saturated heterocycles. The Morgan fingerprint density at radius 1 is 0.836 bits per heavy atom. The zero-order valence-electron chi connectivity index (χ0n) is 32.9. The minimum Gasteiger partial charge on any atom is -0.475 e. The number of rotatable bonds is 2. The smallest absolute Gasteiger partial charge is 0.257 e. The Morgan fingerprint density at radius 3 is 2.28 bits per heavy atom. The minimum absolute atomic E-state index is 0.00495. The van der Waals surface area contributed by atoms with Crippen LogP contribution in [0.2, 0.25) is 0 Å². The van der Waals surface area contributed by atoms with Crippen LogP contribution < -0.4 is 29.9 Å². The van der Waals surface area contributed by atoms with E-state index in [9.17, 15) is 9.59 Å². The molecule has 1 unspecified atom stereocenters. The highest BCUT2D eigenvalue weighted by Gasteiger charge is 2.46. The molecular weight excluding hydrogens is 795 g/mol. The molecule has 4 bridgehead atoms. The topological polar surface area (TPSA) is 188 Å². The van der Waals surface area contributed by atoms with Gasteiger partial charge < -0.3 is 39.4 Å². The molecule has 18 nitrogen and oxygen atoms in total. The second-order valence-electron chi connectivity index (χ2n) is 16.3. The van der Waals surface area contributed by atoms with Gasteiger partial charge in [0.25, 0.3) is 11.8 Å². The molecular formula is C41H40F2N12O6. The molecule has 0 radical (unpaired) electrons. The number of hydrogen-bond acceptors (Lipinski definition) is 14. The number of pyridine rings is 2. The summed E-state index contributed by atoms with van der Waals surface area (Å²) in [6.45, 7) is 3.19. The SMILES string of the molecule is C[C@@H]1COC[C@@H]2c3cc(F)cnc3O[C@@H](CC3CN4c5ccn6ncc(c6n5)C(=O)NC5(CC5)COc5ncc(F)cc5[C@H]4CCO3)CNC(=O)c3cnn4ccc(nc34)N12. The fourth-order valence-electron chi connectivity index (χ4n) is 8.88. The molecule has 61 heavy (non-hydrogen) atoms. The lowest BCUT2D eigenvalue weighted by molar-refractivity contribution is 0.0296. The summed E-state index contributed by atoms with van der Waals surface area (Å²) in [5.41, 5.74) is 1.64. The highest BCUT2D eigenvalue weighted by molar-refractivity contribution is 6.00. The molecule has 20 heteroatoms. The van der Waals surface area contributed by atoms with Crippen LogP contribution in [0.1, 0.15) is 76.5 Å². The standard InChI is InChI=1S/C41H40F2N12O6/c1-22-19-58-20-32-28-11-24(43)14-46-40(28)61-25(15-44-37(56)29-16-47-54-8-3-34(55(22)32)50-35(29)54)12-26-18-52-31(4-9-59-26)27-10-23(42)13-45-39(27)60-21-41(5-6-41)51-38(57)30-17-48-53-7-2-33(52)49-36(30)53/h2-3,7-8,10-11,13-14,16-17,22,25-26,31-32H,4-6,9,12,15,18-21H2,1H3,(H,44,56)(H,51,57)/t22-,25+,26?,31-,32-/m1/s1. The first-order chi connectivity index (χ1) is 29.7. The first kappa shape index (κ1) is 37.5. The molecule has 3 fully saturated rings. The number of morpholine rings is 1. The fraction of sp³-hybridized carbons (Fsp3) is 0.415. The Morgan fingerprint density at radius 2 is 1.52 bits per heavy atom. The van der Waals surface area contributed by atoms with E-state index in [1.807, 2.05) is 16.7 Å². The molecule has 1 spiro atoms. The number of nitrogens with zero attached hydrogens (tertiary/aromatic N) is 10. The highest BCUT2D eigenvalue weighted by Crippen LogP contribution is 2.41. The van der Waals surface area contributed by atoms with Gasteiger partial charge >= 0.3 is 0 Å². The molecule has 11 rings (SSSR count). The van der Waals surface area contributed by atoms with Crippen molar-refractivity contribution in [2.75, 3.05) is 49.3 Å². The van der Waals surface area contributed by atoms with Gasteiger partial charge in [0.05, 0.1) is 74.3 Å². The van der Waals surface area contributed by atoms with Gasteiger partial charge in [0.2, 0.25) is 11.8 Å². The summed E-state index contributed by atoms with van der Waals surface area (Å²) < 4.78 is 59.1. The van der Waals surface area contributed by atoms with E-state index in [1.54, 1.807) is 29.0 Å². The molecule has 2 N–H and O–H groups in total. The maximum atomic E-state index is 15.2. The number of amides is 2. The highest BCUT2D eigenvalue weighted by atomic mass is 19.1. The minimum atomic E-state index is -0.763. The Hall–Kier alpha value is -6.54. The maximum Gasteiger partial charge on any atom is 0.257 e. The lowest BCUT2D eigenvalue weighted by Crippen LogP contribution is -2.47. The van der Waals surface area contributed by atoms with E-state index >= 15 is 8.78 Å². The summed E-state index contributed by atoms with van der Waals surface area (Å²) in [6.07, 6.45) is 9.34. The Bertz CT molecular complexity index is 2710. The monoisotopic (exact) mass is 834 g/mol. The summed E-state index contributed by atoms with van der Waals surface area (Å²) in [5.74, 6) is -0.365. The third-order valence-corrected chi connectivity index (χ3v) is 12.1. The second-order valence-corrected chi connectivity index (χ2v) is 16.3. The van der Waals surface area contributed by atoms with Crippen molar-refractivity contribution >= 4 is 34.7 Å². The predicted octanol–water partition coefficient (Wildman–Crippen LogP) is 3.38. The number of halogens is 2. The Labute approximate surface area is 346 Å². The van der Waals surface area contributed by atoms with E-state index in [-0.39, 0.29) is 68.6 Å². The van der Waals surface area contributed by atoms with Crippen LogP contribution in [0.4, 0.5) is 20.4 Å². The zero-order valence-corrected chi connectivity index (χ0v) is 32.9. The van der Waals surface area contributed by atoms with Crippen LogP contribution >= 0.6 is 0 Å². The first-order valence-electron chi connectivity index (χ1n) is 20.3. The van der Waals surface area contributed by atoms with Crippen LogP contribution in [0.5, 0.6) is 11.8 Å². The summed E-state index contributed by atoms with van der Waals surface area (Å²) in [7, 11) is 0. The predicted molar refractivity (Wildman–Crippen MR) is 211 cm³/mol. The molecule has 5 aliphatic rings. The van der Waals surface area contributed by atoms with Gasteiger partial charge in [-0.25, -0.2) is 37.7 Å². The number of nitrogens with one attached hydrogen (secondary N) is 2. The van der Waals surface area contributed by atoms with E-state index in [2.05, 4.69) is 30.8 Å². The average molecular weight is 835 g/mol. The molecule has 1 saturated carbocycles. The maximum absolute atomic E-state index is 15.2. The van der Waals surface area contributed by atoms with Crippen molar-refractivity contribution < 1.29 is 37.3 Å². The Balaban J connectivity index is 0.977. The summed E-state index contributed by atoms with van der Waals surface area (Å²) >= 11 is 0. The molecule has 4 aliphatic heterocycles. The lowest BCUT2D eigenvalue weighted by atomic mass is 10.0. The number of hydrogen-bond donors (Lipinski definition) is 2. The number of fused-ring (bicyclic) bond motifs is 10. The average Bonchev–Trinajstić information content (AvgIpc) is 3.75. The van der Waals surface area contributed by atoms with Crippen molar-refractivity contribution in [2.45, 2.75) is 68.5 Å². The van der Waals surface area contributed by atoms with Gasteiger partial charge in [-0.1, -0.05) is 0 Å². The van der Waals surface area contributed by atoms with Crippen molar-refractivity contribution in [1.82, 2.24) is 49.8 Å². The normalized spacial score (nSPS) is 24.8. The summed E-state index contributed by atoms with van der Waals surface area (Å²) in [4.78, 5) is 50.3. The van der Waals surface area contributed by atoms with Crippen molar-refractivity contribution in [3.05, 3.63) is 95.3 Å². The van der Waals surface area contributed by atoms with Gasteiger partial charge in [0, 0.05) is 43.1 Å². The van der Waals surface area contributed by atoms with Crippen LogP contribution in [0.15, 0.2) is 61.4 Å². The second kappa shape index (κ2) is 14.6. The number of ether oxygens (including phenoxy) is 4. The molecule has 2 amide bonds. The summed E-state index contributed by atoms with van der Waals surface area (Å²) in [6, 6.07) is 5.15. The fourth-order valence-corrected chi connectivity index (χ4v) is 8.88. The molecule has 314 valence electrons. The van der Waals surface area contributed by atoms with Crippen molar-refractivity contribution in [3.8, 4) is 11.8 Å². The van der Waals surface area contributed by atoms with Gasteiger partial charge in [-0.3, -0.25) is 9.59 Å². The number of aromatic nitrogens is 8. The quantitative estimate of drug-likeness (QED) is 0.259. The van der Waals surface area contributed by atoms with Crippen LogP contribution in [0, 0.1) is 11.6 Å². The molecule has 0 aromatic carbocycles. The van der Waals surface area contributed by atoms with Gasteiger partial charge in [-0.05, 0) is 50.5 Å². The lowest BCUT2D eigenvalue weighted by Gasteiger charge is -2.41. The Kier molecular flexibility index (Phi) is 8.95. The van der Waals surface area contributed by atoms with Crippen molar-refractivity contribution in [3.63, 3.8) is 0 Å². The number of anilines is 2. The van der Waals surface area contributed by atoms with Gasteiger partial charge in [0.1, 0.15) is 47.1 Å². The van der Waals surface area contributed by atoms with Crippen LogP contribution in [-0.2, 0) is 9.47 Å². The van der Waals surface area contributed by atoms with Crippen LogP contribution in [0.3, 0.4) is 0 Å².